The summed E-state index contributed by atoms with van der Waals surface area (Å²) in [6, 6.07) is 6.57. The molecule has 2 unspecified atom stereocenters. The standard InChI is InChI=1S/C17H22N2O5S/c1-11-3-5-12(6-4-11)18-15(20)9-25-10-16(21)19-8-13(24-2)7-14(19)17(22)23/h3-6,13-14H,7-10H2,1-2H3,(H,18,20)(H,22,23). The first-order valence-corrected chi connectivity index (χ1v) is 9.05. The Morgan fingerprint density at radius 1 is 1.28 bits per heavy atom. The van der Waals surface area contributed by atoms with Gasteiger partial charge in [0.1, 0.15) is 6.04 Å². The number of aryl methyl sites for hydroxylation is 1. The second-order valence-corrected chi connectivity index (χ2v) is 6.89. The Labute approximate surface area is 150 Å². The molecule has 2 amide bonds. The molecule has 7 nitrogen and oxygen atoms in total. The third kappa shape index (κ3) is 5.47. The molecule has 136 valence electrons. The van der Waals surface area contributed by atoms with Crippen molar-refractivity contribution in [1.82, 2.24) is 4.90 Å². The highest BCUT2D eigenvalue weighted by atomic mass is 32.2. The number of methoxy groups -OCH3 is 1. The van der Waals surface area contributed by atoms with Crippen LogP contribution in [0.1, 0.15) is 12.0 Å². The van der Waals surface area contributed by atoms with Crippen molar-refractivity contribution in [2.24, 2.45) is 0 Å². The SMILES string of the molecule is COC1CC(C(=O)O)N(C(=O)CSCC(=O)Nc2ccc(C)cc2)C1. The number of carboxylic acids is 1. The molecule has 0 aliphatic carbocycles. The number of hydrogen-bond donors (Lipinski definition) is 2. The highest BCUT2D eigenvalue weighted by Crippen LogP contribution is 2.21. The Bertz CT molecular complexity index is 634. The number of amides is 2. The largest absolute Gasteiger partial charge is 0.480 e. The van der Waals surface area contributed by atoms with E-state index in [0.29, 0.717) is 5.69 Å². The zero-order valence-corrected chi connectivity index (χ0v) is 15.0. The van der Waals surface area contributed by atoms with Gasteiger partial charge in [0.2, 0.25) is 11.8 Å². The average molecular weight is 366 g/mol. The van der Waals surface area contributed by atoms with Gasteiger partial charge in [0.15, 0.2) is 0 Å². The van der Waals surface area contributed by atoms with Gasteiger partial charge in [-0.1, -0.05) is 17.7 Å². The number of aliphatic carboxylic acids is 1. The molecule has 2 rings (SSSR count). The number of carboxylic acid groups (broad SMARTS) is 1. The van der Waals surface area contributed by atoms with Crippen molar-refractivity contribution in [3.63, 3.8) is 0 Å². The van der Waals surface area contributed by atoms with Crippen molar-refractivity contribution in [3.8, 4) is 0 Å². The molecule has 1 aromatic rings. The number of carbonyl (C=O) groups is 3. The van der Waals surface area contributed by atoms with E-state index in [1.54, 1.807) is 0 Å². The van der Waals surface area contributed by atoms with Gasteiger partial charge < -0.3 is 20.1 Å². The number of nitrogens with one attached hydrogen (secondary N) is 1. The average Bonchev–Trinajstić information content (AvgIpc) is 3.02. The summed E-state index contributed by atoms with van der Waals surface area (Å²) >= 11 is 1.16. The Hall–Kier alpha value is -2.06. The minimum absolute atomic E-state index is 0.0571. The fourth-order valence-electron chi connectivity index (χ4n) is 2.63. The maximum Gasteiger partial charge on any atom is 0.326 e. The van der Waals surface area contributed by atoms with Crippen LogP contribution in [-0.4, -0.2) is 65.1 Å². The van der Waals surface area contributed by atoms with E-state index >= 15 is 0 Å². The molecule has 0 bridgehead atoms. The van der Waals surface area contributed by atoms with Crippen LogP contribution in [0.4, 0.5) is 5.69 Å². The molecule has 0 saturated carbocycles. The van der Waals surface area contributed by atoms with Crippen LogP contribution in [0.5, 0.6) is 0 Å². The zero-order valence-electron chi connectivity index (χ0n) is 14.2. The lowest BCUT2D eigenvalue weighted by molar-refractivity contribution is -0.147. The minimum atomic E-state index is -1.03. The van der Waals surface area contributed by atoms with Gasteiger partial charge in [0, 0.05) is 25.8 Å². The summed E-state index contributed by atoms with van der Waals surface area (Å²) in [5, 5.41) is 12.0. The molecule has 8 heteroatoms. The Morgan fingerprint density at radius 3 is 2.56 bits per heavy atom. The van der Waals surface area contributed by atoms with Crippen LogP contribution in [0.2, 0.25) is 0 Å². The van der Waals surface area contributed by atoms with Crippen molar-refractivity contribution in [2.45, 2.75) is 25.5 Å². The molecule has 1 heterocycles. The summed E-state index contributed by atoms with van der Waals surface area (Å²) in [5.41, 5.74) is 1.81. The monoisotopic (exact) mass is 366 g/mol. The summed E-state index contributed by atoms with van der Waals surface area (Å²) in [6.07, 6.45) is 0.0239. The van der Waals surface area contributed by atoms with E-state index < -0.39 is 12.0 Å². The fourth-order valence-corrected chi connectivity index (χ4v) is 3.33. The zero-order chi connectivity index (χ0) is 18.4. The van der Waals surface area contributed by atoms with Crippen LogP contribution in [0.15, 0.2) is 24.3 Å². The molecule has 1 aromatic carbocycles. The normalized spacial score (nSPS) is 19.7. The lowest BCUT2D eigenvalue weighted by atomic mass is 10.2. The maximum absolute atomic E-state index is 12.3. The van der Waals surface area contributed by atoms with Crippen molar-refractivity contribution in [2.75, 3.05) is 30.5 Å². The molecular weight excluding hydrogens is 344 g/mol. The van der Waals surface area contributed by atoms with Crippen molar-refractivity contribution >= 4 is 35.2 Å². The predicted molar refractivity (Wildman–Crippen MR) is 95.7 cm³/mol. The van der Waals surface area contributed by atoms with Crippen molar-refractivity contribution < 1.29 is 24.2 Å². The number of thioether (sulfide) groups is 1. The molecule has 0 radical (unpaired) electrons. The Balaban J connectivity index is 1.78. The highest BCUT2D eigenvalue weighted by molar-refractivity contribution is 8.00. The molecule has 2 N–H and O–H groups in total. The van der Waals surface area contributed by atoms with Crippen LogP contribution < -0.4 is 5.32 Å². The van der Waals surface area contributed by atoms with E-state index in [-0.39, 0.29) is 42.4 Å². The topological polar surface area (TPSA) is 95.9 Å². The van der Waals surface area contributed by atoms with Gasteiger partial charge in [-0.25, -0.2) is 4.79 Å². The van der Waals surface area contributed by atoms with E-state index in [1.807, 2.05) is 31.2 Å². The first-order valence-electron chi connectivity index (χ1n) is 7.90. The van der Waals surface area contributed by atoms with Gasteiger partial charge in [0.25, 0.3) is 0 Å². The quantitative estimate of drug-likeness (QED) is 0.757. The fraction of sp³-hybridized carbons (Fsp3) is 0.471. The second kappa shape index (κ2) is 8.87. The lowest BCUT2D eigenvalue weighted by Crippen LogP contribution is -2.41. The highest BCUT2D eigenvalue weighted by Gasteiger charge is 2.39. The van der Waals surface area contributed by atoms with Crippen LogP contribution in [0.3, 0.4) is 0 Å². The number of nitrogens with zero attached hydrogens (tertiary/aromatic N) is 1. The number of ether oxygens (including phenoxy) is 1. The van der Waals surface area contributed by atoms with Gasteiger partial charge in [-0.2, -0.15) is 0 Å². The van der Waals surface area contributed by atoms with Gasteiger partial charge >= 0.3 is 5.97 Å². The van der Waals surface area contributed by atoms with E-state index in [2.05, 4.69) is 5.32 Å². The minimum Gasteiger partial charge on any atom is -0.480 e. The maximum atomic E-state index is 12.3. The summed E-state index contributed by atoms with van der Waals surface area (Å²) < 4.78 is 5.16. The van der Waals surface area contributed by atoms with Gasteiger partial charge in [0.05, 0.1) is 17.6 Å². The predicted octanol–water partition coefficient (Wildman–Crippen LogP) is 1.37. The van der Waals surface area contributed by atoms with Crippen molar-refractivity contribution in [1.29, 1.82) is 0 Å². The molecule has 0 aromatic heterocycles. The number of hydrogen-bond acceptors (Lipinski definition) is 5. The van der Waals surface area contributed by atoms with E-state index in [0.717, 1.165) is 17.3 Å². The molecule has 1 saturated heterocycles. The number of benzene rings is 1. The Morgan fingerprint density at radius 2 is 1.96 bits per heavy atom. The first kappa shape index (κ1) is 19.3. The Kier molecular flexibility index (Phi) is 6.83. The molecular formula is C17H22N2O5S. The van der Waals surface area contributed by atoms with Gasteiger partial charge in [-0.15, -0.1) is 11.8 Å². The van der Waals surface area contributed by atoms with Gasteiger partial charge in [-0.05, 0) is 19.1 Å². The number of likely N-dealkylation sites (tertiary alicyclic amines) is 1. The molecule has 0 spiro atoms. The second-order valence-electron chi connectivity index (χ2n) is 5.90. The molecule has 1 aliphatic rings. The molecule has 1 fully saturated rings. The van der Waals surface area contributed by atoms with Crippen LogP contribution in [0, 0.1) is 6.92 Å². The van der Waals surface area contributed by atoms with Crippen LogP contribution in [0.25, 0.3) is 0 Å². The molecule has 1 aliphatic heterocycles. The third-order valence-corrected chi connectivity index (χ3v) is 4.91. The van der Waals surface area contributed by atoms with Crippen molar-refractivity contribution in [3.05, 3.63) is 29.8 Å². The lowest BCUT2D eigenvalue weighted by Gasteiger charge is -2.20. The van der Waals surface area contributed by atoms with Crippen LogP contribution >= 0.6 is 11.8 Å². The first-order chi connectivity index (χ1) is 11.9. The summed E-state index contributed by atoms with van der Waals surface area (Å²) in [5.74, 6) is -1.34. The van der Waals surface area contributed by atoms with Crippen LogP contribution in [-0.2, 0) is 19.1 Å². The third-order valence-electron chi connectivity index (χ3n) is 4.00. The van der Waals surface area contributed by atoms with E-state index in [4.69, 9.17) is 4.74 Å². The molecule has 2 atom stereocenters. The number of rotatable bonds is 7. The number of carbonyl (C=O) groups excluding carboxylic acids is 2. The summed E-state index contributed by atoms with van der Waals surface area (Å²) in [6.45, 7) is 2.23. The molecule has 25 heavy (non-hydrogen) atoms. The summed E-state index contributed by atoms with van der Waals surface area (Å²) in [7, 11) is 1.50. The number of anilines is 1. The summed E-state index contributed by atoms with van der Waals surface area (Å²) in [4.78, 5) is 36.7. The smallest absolute Gasteiger partial charge is 0.326 e. The van der Waals surface area contributed by atoms with Gasteiger partial charge in [-0.3, -0.25) is 9.59 Å². The van der Waals surface area contributed by atoms with E-state index in [9.17, 15) is 19.5 Å². The van der Waals surface area contributed by atoms with E-state index in [1.165, 1.54) is 12.0 Å².